The average molecular weight is 257 g/mol. The van der Waals surface area contributed by atoms with Gasteiger partial charge in [-0.2, -0.15) is 0 Å². The largest absolute Gasteiger partial charge is 2.00 e. The third-order valence-electron chi connectivity index (χ3n) is 0.412. The summed E-state index contributed by atoms with van der Waals surface area (Å²) in [5.74, 6) is -0.0625. The van der Waals surface area contributed by atoms with Gasteiger partial charge in [-0.1, -0.05) is 0 Å². The third-order valence-corrected chi connectivity index (χ3v) is 0.412. The van der Waals surface area contributed by atoms with E-state index >= 15 is 0 Å². The first-order valence-electron chi connectivity index (χ1n) is 2.01. The van der Waals surface area contributed by atoms with Crippen LogP contribution >= 0.6 is 0 Å². The van der Waals surface area contributed by atoms with E-state index in [0.29, 0.717) is 0 Å². The van der Waals surface area contributed by atoms with Crippen molar-refractivity contribution in [3.05, 3.63) is 11.8 Å². The molecule has 9 heavy (non-hydrogen) atoms. The summed E-state index contributed by atoms with van der Waals surface area (Å²) in [4.78, 5) is 10.0. The molecule has 0 rings (SSSR count). The van der Waals surface area contributed by atoms with Gasteiger partial charge in [0.25, 0.3) is 0 Å². The van der Waals surface area contributed by atoms with Gasteiger partial charge in [-0.15, -0.1) is 0 Å². The van der Waals surface area contributed by atoms with E-state index in [1.54, 1.807) is 0 Å². The number of allylic oxidation sites excluding steroid dienone is 2. The minimum Gasteiger partial charge on any atom is -1.00 e. The normalized spacial score (nSPS) is 8.89. The summed E-state index contributed by atoms with van der Waals surface area (Å²) in [7, 11) is 0. The molecule has 0 aromatic heterocycles. The minimum atomic E-state index is -0.125. The number of hydrogen-bond acceptors (Lipinski definition) is 2. The zero-order valence-electron chi connectivity index (χ0n) is 7.64. The van der Waals surface area contributed by atoms with E-state index < -0.39 is 0 Å². The Hall–Kier alpha value is 0.741. The molecular formula is C5H12BaO3. The van der Waals surface area contributed by atoms with Gasteiger partial charge in [-0.3, -0.25) is 4.79 Å². The molecule has 4 heteroatoms. The van der Waals surface area contributed by atoms with Crippen LogP contribution in [0.3, 0.4) is 0 Å². The van der Waals surface area contributed by atoms with E-state index in [0.717, 1.165) is 0 Å². The summed E-state index contributed by atoms with van der Waals surface area (Å²) in [5.41, 5.74) is 0. The molecule has 0 radical (unpaired) electrons. The van der Waals surface area contributed by atoms with Crippen molar-refractivity contribution in [3.8, 4) is 0 Å². The molecule has 0 aliphatic heterocycles. The molecule has 0 aromatic carbocycles. The summed E-state index contributed by atoms with van der Waals surface area (Å²) < 4.78 is 0. The van der Waals surface area contributed by atoms with Gasteiger partial charge in [0.15, 0.2) is 5.78 Å². The fraction of sp³-hybridized carbons (Fsp3) is 0.400. The molecular weight excluding hydrogens is 245 g/mol. The Morgan fingerprint density at radius 1 is 1.56 bits per heavy atom. The molecule has 3 N–H and O–H groups in total. The van der Waals surface area contributed by atoms with E-state index in [1.165, 1.54) is 19.9 Å². The molecule has 0 atom stereocenters. The van der Waals surface area contributed by atoms with Gasteiger partial charge in [0.1, 0.15) is 0 Å². The van der Waals surface area contributed by atoms with Crippen LogP contribution in [0.5, 0.6) is 0 Å². The van der Waals surface area contributed by atoms with Gasteiger partial charge in [-0.05, 0) is 13.8 Å². The van der Waals surface area contributed by atoms with Crippen molar-refractivity contribution >= 4 is 54.7 Å². The second kappa shape index (κ2) is 8.74. The first-order chi connectivity index (χ1) is 3.13. The molecule has 0 aliphatic rings. The molecule has 0 spiro atoms. The fourth-order valence-corrected chi connectivity index (χ4v) is 0.294. The predicted molar refractivity (Wildman–Crippen MR) is 38.7 cm³/mol. The van der Waals surface area contributed by atoms with Crippen molar-refractivity contribution in [1.82, 2.24) is 0 Å². The van der Waals surface area contributed by atoms with Gasteiger partial charge in [0.05, 0.1) is 5.76 Å². The van der Waals surface area contributed by atoms with Crippen molar-refractivity contribution in [1.29, 1.82) is 0 Å². The Labute approximate surface area is 97.5 Å². The van der Waals surface area contributed by atoms with Crippen LogP contribution in [0.15, 0.2) is 11.8 Å². The Balaban J connectivity index is -0.0000000300. The van der Waals surface area contributed by atoms with E-state index in [9.17, 15) is 4.79 Å². The molecule has 0 saturated heterocycles. The van der Waals surface area contributed by atoms with Crippen molar-refractivity contribution < 1.29 is 18.2 Å². The average Bonchev–Trinajstić information content (AvgIpc) is 1.27. The van der Waals surface area contributed by atoms with Crippen molar-refractivity contribution in [3.63, 3.8) is 0 Å². The number of ketones is 1. The quantitative estimate of drug-likeness (QED) is 0.410. The van der Waals surface area contributed by atoms with Crippen molar-refractivity contribution in [2.45, 2.75) is 13.8 Å². The van der Waals surface area contributed by atoms with Crippen LogP contribution in [0.2, 0.25) is 0 Å². The Bertz CT molecular complexity index is 112. The molecule has 0 saturated carbocycles. The van der Waals surface area contributed by atoms with E-state index in [-0.39, 0.29) is 68.8 Å². The van der Waals surface area contributed by atoms with Crippen LogP contribution in [0.4, 0.5) is 0 Å². The topological polar surface area (TPSA) is 68.8 Å². The summed E-state index contributed by atoms with van der Waals surface area (Å²) in [5, 5.41) is 8.36. The molecule has 0 heterocycles. The molecule has 0 unspecified atom stereocenters. The van der Waals surface area contributed by atoms with Crippen molar-refractivity contribution in [2.24, 2.45) is 0 Å². The number of aliphatic hydroxyl groups excluding tert-OH is 1. The number of hydrogen-bond donors (Lipinski definition) is 1. The number of carbonyl (C=O) groups is 1. The predicted octanol–water partition coefficient (Wildman–Crippen LogP) is 0.0567. The summed E-state index contributed by atoms with van der Waals surface area (Å²) in [6.45, 7) is 2.85. The summed E-state index contributed by atoms with van der Waals surface area (Å²) in [6, 6.07) is 0. The van der Waals surface area contributed by atoms with Crippen LogP contribution in [-0.4, -0.2) is 65.2 Å². The first kappa shape index (κ1) is 16.4. The van der Waals surface area contributed by atoms with Crippen LogP contribution in [0.1, 0.15) is 16.7 Å². The standard InChI is InChI=1S/C5H8O2.Ba.H2O.2H/c1-4(6)3-5(2)7;;;;/h3,6H,1-2H3;;1H2;;/q;+2;;2*-1/b4-3-;;;;. The molecule has 0 aromatic rings. The SMILES string of the molecule is CC(=O)/C=C(/C)O.O.[Ba+2].[H-].[H-]. The van der Waals surface area contributed by atoms with E-state index in [2.05, 4.69) is 0 Å². The first-order valence-corrected chi connectivity index (χ1v) is 2.01. The monoisotopic (exact) mass is 258 g/mol. The van der Waals surface area contributed by atoms with Crippen LogP contribution in [0, 0.1) is 0 Å². The Morgan fingerprint density at radius 3 is 1.89 bits per heavy atom. The molecule has 52 valence electrons. The summed E-state index contributed by atoms with van der Waals surface area (Å²) in [6.07, 6.45) is 1.17. The van der Waals surface area contributed by atoms with Gasteiger partial charge in [-0.25, -0.2) is 0 Å². The van der Waals surface area contributed by atoms with Crippen LogP contribution in [-0.2, 0) is 4.79 Å². The second-order valence-electron chi connectivity index (χ2n) is 1.40. The molecule has 0 fully saturated rings. The maximum atomic E-state index is 10.0. The fourth-order valence-electron chi connectivity index (χ4n) is 0.294. The van der Waals surface area contributed by atoms with Crippen molar-refractivity contribution in [2.75, 3.05) is 0 Å². The molecule has 0 aliphatic carbocycles. The van der Waals surface area contributed by atoms with Gasteiger partial charge >= 0.3 is 48.9 Å². The van der Waals surface area contributed by atoms with E-state index in [1.807, 2.05) is 0 Å². The number of aliphatic hydroxyl groups is 1. The number of carbonyl (C=O) groups excluding carboxylic acids is 1. The van der Waals surface area contributed by atoms with Gasteiger partial charge < -0.3 is 13.4 Å². The van der Waals surface area contributed by atoms with Gasteiger partial charge in [0.2, 0.25) is 0 Å². The zero-order valence-corrected chi connectivity index (χ0v) is 10.1. The van der Waals surface area contributed by atoms with Gasteiger partial charge in [0, 0.05) is 6.08 Å². The maximum absolute atomic E-state index is 10.0. The minimum absolute atomic E-state index is 0. The second-order valence-corrected chi connectivity index (χ2v) is 1.40. The van der Waals surface area contributed by atoms with Crippen LogP contribution < -0.4 is 0 Å². The zero-order chi connectivity index (χ0) is 5.86. The third kappa shape index (κ3) is 17.7. The Kier molecular flexibility index (Phi) is 15.9. The number of rotatable bonds is 1. The molecule has 3 nitrogen and oxygen atoms in total. The Morgan fingerprint density at radius 2 is 1.89 bits per heavy atom. The molecule has 0 amide bonds. The van der Waals surface area contributed by atoms with E-state index in [4.69, 9.17) is 5.11 Å². The smallest absolute Gasteiger partial charge is 1.00 e. The molecule has 0 bridgehead atoms. The maximum Gasteiger partial charge on any atom is 2.00 e. The summed E-state index contributed by atoms with van der Waals surface area (Å²) >= 11 is 0. The van der Waals surface area contributed by atoms with Crippen LogP contribution in [0.25, 0.3) is 0 Å².